The molecule has 2 fully saturated rings. The van der Waals surface area contributed by atoms with Gasteiger partial charge in [-0.05, 0) is 25.1 Å². The van der Waals surface area contributed by atoms with Gasteiger partial charge in [0.15, 0.2) is 16.0 Å². The number of rotatable bonds is 12. The van der Waals surface area contributed by atoms with Crippen LogP contribution in [0.25, 0.3) is 10.2 Å². The number of nitrogens with one attached hydrogen (secondary N) is 3. The number of benzene rings is 1. The van der Waals surface area contributed by atoms with Gasteiger partial charge < -0.3 is 36.4 Å². The molecule has 3 aromatic rings. The maximum Gasteiger partial charge on any atom is 0.362 e. The zero-order valence-electron chi connectivity index (χ0n) is 21.6. The van der Waals surface area contributed by atoms with Crippen molar-refractivity contribution in [2.45, 2.75) is 31.2 Å². The molecule has 0 aliphatic carbocycles. The van der Waals surface area contributed by atoms with E-state index < -0.39 is 58.6 Å². The van der Waals surface area contributed by atoms with Crippen molar-refractivity contribution in [2.24, 2.45) is 5.16 Å². The van der Waals surface area contributed by atoms with E-state index in [4.69, 9.17) is 19.9 Å². The highest BCUT2D eigenvalue weighted by atomic mass is 32.2. The number of oxime groups is 1. The first kappa shape index (κ1) is 29.4. The summed E-state index contributed by atoms with van der Waals surface area (Å²) >= 11 is 2.39. The van der Waals surface area contributed by atoms with Crippen LogP contribution in [0, 0.1) is 0 Å². The molecular formula is C22H24N8O9S3. The fourth-order valence-corrected chi connectivity index (χ4v) is 6.37. The summed E-state index contributed by atoms with van der Waals surface area (Å²) in [6, 6.07) is 2.97. The molecule has 2 aliphatic rings. The number of aromatic nitrogens is 2. The Morgan fingerprint density at radius 1 is 1.33 bits per heavy atom. The number of carbonyl (C=O) groups is 3. The molecule has 42 heavy (non-hydrogen) atoms. The molecule has 0 saturated carbocycles. The summed E-state index contributed by atoms with van der Waals surface area (Å²) in [6.07, 6.45) is -1.66. The lowest BCUT2D eigenvalue weighted by Gasteiger charge is -2.42. The van der Waals surface area contributed by atoms with E-state index in [0.29, 0.717) is 11.8 Å². The van der Waals surface area contributed by atoms with Crippen LogP contribution in [-0.2, 0) is 29.5 Å². The summed E-state index contributed by atoms with van der Waals surface area (Å²) < 4.78 is 38.5. The number of β-lactam (4-membered cyclic amide) rings is 1. The lowest BCUT2D eigenvalue weighted by atomic mass is 10.0. The Kier molecular flexibility index (Phi) is 8.14. The number of ether oxygens (including phenoxy) is 1. The van der Waals surface area contributed by atoms with Crippen LogP contribution in [0.5, 0.6) is 5.75 Å². The van der Waals surface area contributed by atoms with Crippen LogP contribution < -0.4 is 26.4 Å². The smallest absolute Gasteiger partial charge is 0.362 e. The van der Waals surface area contributed by atoms with Gasteiger partial charge in [-0.25, -0.2) is 19.1 Å². The van der Waals surface area contributed by atoms with Gasteiger partial charge in [0, 0.05) is 18.5 Å². The quantitative estimate of drug-likeness (QED) is 0.0632. The Labute approximate surface area is 245 Å². The maximum atomic E-state index is 13.0. The van der Waals surface area contributed by atoms with Crippen LogP contribution in [0.3, 0.4) is 0 Å². The number of hydrogen-bond acceptors (Lipinski definition) is 15. The van der Waals surface area contributed by atoms with Crippen molar-refractivity contribution in [3.8, 4) is 5.75 Å². The van der Waals surface area contributed by atoms with Crippen molar-refractivity contribution >= 4 is 77.0 Å². The van der Waals surface area contributed by atoms with E-state index in [0.717, 1.165) is 39.8 Å². The first-order chi connectivity index (χ1) is 19.9. The highest BCUT2D eigenvalue weighted by molar-refractivity contribution is 7.84. The van der Waals surface area contributed by atoms with Crippen LogP contribution in [0.4, 0.5) is 10.3 Å². The topological polar surface area (TPSA) is 248 Å². The molecule has 4 heterocycles. The molecule has 2 saturated heterocycles. The van der Waals surface area contributed by atoms with Gasteiger partial charge in [-0.2, -0.15) is 8.42 Å². The van der Waals surface area contributed by atoms with E-state index in [2.05, 4.69) is 31.1 Å². The summed E-state index contributed by atoms with van der Waals surface area (Å²) in [7, 11) is -4.81. The van der Waals surface area contributed by atoms with Gasteiger partial charge in [-0.3, -0.25) is 14.1 Å². The number of fused-ring (bicyclic) bond motifs is 1. The minimum atomic E-state index is -4.81. The summed E-state index contributed by atoms with van der Waals surface area (Å²) in [5.41, 5.74) is 5.80. The first-order valence-corrected chi connectivity index (χ1v) is 15.3. The Morgan fingerprint density at radius 2 is 2.10 bits per heavy atom. The number of carbonyl (C=O) groups excluding carboxylic acids is 2. The Morgan fingerprint density at radius 3 is 2.69 bits per heavy atom. The number of thiazole rings is 2. The molecule has 17 nitrogen and oxygen atoms in total. The molecule has 0 unspecified atom stereocenters. The molecule has 224 valence electrons. The molecule has 2 aromatic heterocycles. The van der Waals surface area contributed by atoms with E-state index >= 15 is 0 Å². The second kappa shape index (κ2) is 11.6. The van der Waals surface area contributed by atoms with Gasteiger partial charge in [-0.15, -0.1) is 11.3 Å². The predicted octanol–water partition coefficient (Wildman–Crippen LogP) is -0.510. The Bertz CT molecular complexity index is 1670. The molecule has 5 rings (SSSR count). The fraction of sp³-hybridized carbons (Fsp3) is 0.364. The number of anilines is 2. The third-order valence-electron chi connectivity index (χ3n) is 6.27. The molecule has 7 N–H and O–H groups in total. The monoisotopic (exact) mass is 640 g/mol. The summed E-state index contributed by atoms with van der Waals surface area (Å²) in [5.74, 6) is -3.19. The number of amides is 2. The number of carboxylic acids is 1. The molecule has 2 amide bonds. The first-order valence-electron chi connectivity index (χ1n) is 12.2. The summed E-state index contributed by atoms with van der Waals surface area (Å²) in [5, 5.41) is 24.3. The van der Waals surface area contributed by atoms with Crippen molar-refractivity contribution in [2.75, 3.05) is 30.7 Å². The van der Waals surface area contributed by atoms with Crippen molar-refractivity contribution in [3.63, 3.8) is 0 Å². The summed E-state index contributed by atoms with van der Waals surface area (Å²) in [4.78, 5) is 50.7. The predicted molar refractivity (Wildman–Crippen MR) is 151 cm³/mol. The number of nitrogens with zero attached hydrogens (tertiary/aromatic N) is 4. The van der Waals surface area contributed by atoms with Crippen molar-refractivity contribution in [3.05, 3.63) is 29.3 Å². The average molecular weight is 641 g/mol. The second-order valence-electron chi connectivity index (χ2n) is 9.21. The lowest BCUT2D eigenvalue weighted by molar-refractivity contribution is -0.152. The van der Waals surface area contributed by atoms with Gasteiger partial charge in [0.1, 0.15) is 24.1 Å². The number of nitrogens with two attached hydrogens (primary N) is 1. The van der Waals surface area contributed by atoms with Crippen LogP contribution >= 0.6 is 22.7 Å². The molecule has 20 heteroatoms. The number of aliphatic carboxylic acids is 1. The van der Waals surface area contributed by atoms with E-state index in [1.165, 1.54) is 23.6 Å². The number of nitrogen functional groups attached to an aromatic ring is 1. The van der Waals surface area contributed by atoms with Crippen LogP contribution in [0.1, 0.15) is 12.6 Å². The van der Waals surface area contributed by atoms with Crippen LogP contribution in [0.15, 0.2) is 28.7 Å². The molecular weight excluding hydrogens is 616 g/mol. The van der Waals surface area contributed by atoms with E-state index in [1.54, 1.807) is 18.2 Å². The third-order valence-corrected chi connectivity index (χ3v) is 8.90. The van der Waals surface area contributed by atoms with Gasteiger partial charge in [-0.1, -0.05) is 16.5 Å². The molecule has 0 spiro atoms. The molecule has 1 aromatic carbocycles. The fourth-order valence-electron chi connectivity index (χ4n) is 3.97. The highest BCUT2D eigenvalue weighted by Crippen LogP contribution is 2.30. The van der Waals surface area contributed by atoms with E-state index in [9.17, 15) is 27.9 Å². The normalized spacial score (nSPS) is 20.0. The van der Waals surface area contributed by atoms with Crippen LogP contribution in [-0.4, -0.2) is 99.8 Å². The van der Waals surface area contributed by atoms with Gasteiger partial charge in [0.25, 0.3) is 17.9 Å². The summed E-state index contributed by atoms with van der Waals surface area (Å²) in [6.45, 7) is 2.51. The van der Waals surface area contributed by atoms with Gasteiger partial charge >= 0.3 is 16.3 Å². The van der Waals surface area contributed by atoms with Crippen molar-refractivity contribution in [1.29, 1.82) is 0 Å². The third kappa shape index (κ3) is 6.21. The van der Waals surface area contributed by atoms with Gasteiger partial charge in [0.2, 0.25) is 0 Å². The van der Waals surface area contributed by atoms with Crippen LogP contribution in [0.2, 0.25) is 0 Å². The van der Waals surface area contributed by atoms with Gasteiger partial charge in [0.05, 0.1) is 22.3 Å². The zero-order chi connectivity index (χ0) is 30.2. The molecule has 0 radical (unpaired) electrons. The molecule has 0 bridgehead atoms. The van der Waals surface area contributed by atoms with Crippen molar-refractivity contribution in [1.82, 2.24) is 24.9 Å². The van der Waals surface area contributed by atoms with E-state index in [-0.39, 0.29) is 15.1 Å². The number of carboxylic acid groups (broad SMARTS) is 1. The Hall–Kier alpha value is -4.11. The second-order valence-corrected chi connectivity index (χ2v) is 12.4. The Balaban J connectivity index is 1.27. The standard InChI is InChI=1S/C22H24N8O9S3/c1-9-16(19(32)30(9)42(35,36)37)28-18(31)17(13-8-40-21(23)26-13)29-39-14(20(33)34)7-38-11-2-3-12-15(4-11)41-22(27-12)25-10-5-24-6-10/h2-4,8-10,14,16,24H,5-7H2,1H3,(H2,23,26)(H,25,27)(H,28,31)(H,33,34)(H,35,36,37)/b29-17-/t9-,14-,16-/m0/s1. The molecule has 2 aliphatic heterocycles. The SMILES string of the molecule is C[C@H]1[C@H](NC(=O)/C(=N\O[C@@H](COc2ccc3nc(NC4CNC4)sc3c2)C(=O)O)c2csc(N)n2)C(=O)N1S(=O)(=O)O. The minimum Gasteiger partial charge on any atom is -0.489 e. The zero-order valence-corrected chi connectivity index (χ0v) is 24.0. The lowest BCUT2D eigenvalue weighted by Crippen LogP contribution is -2.71. The number of hydrogen-bond donors (Lipinski definition) is 6. The van der Waals surface area contributed by atoms with Crippen molar-refractivity contribution < 1.29 is 42.0 Å². The largest absolute Gasteiger partial charge is 0.489 e. The average Bonchev–Trinajstić information content (AvgIpc) is 3.51. The highest BCUT2D eigenvalue weighted by Gasteiger charge is 2.51. The minimum absolute atomic E-state index is 0.0652. The molecule has 3 atom stereocenters. The van der Waals surface area contributed by atoms with E-state index in [1.807, 2.05) is 0 Å². The maximum absolute atomic E-state index is 13.0.